The van der Waals surface area contributed by atoms with Gasteiger partial charge in [-0.3, -0.25) is 4.79 Å². The van der Waals surface area contributed by atoms with Gasteiger partial charge in [0.15, 0.2) is 9.84 Å². The van der Waals surface area contributed by atoms with E-state index in [2.05, 4.69) is 5.32 Å². The van der Waals surface area contributed by atoms with Crippen molar-refractivity contribution in [3.05, 3.63) is 24.3 Å². The number of halogens is 1. The Morgan fingerprint density at radius 3 is 2.36 bits per heavy atom. The van der Waals surface area contributed by atoms with E-state index in [9.17, 15) is 13.2 Å². The second kappa shape index (κ2) is 9.40. The van der Waals surface area contributed by atoms with Gasteiger partial charge >= 0.3 is 0 Å². The highest BCUT2D eigenvalue weighted by atomic mass is 35.5. The Balaban J connectivity index is 0.00000312. The molecule has 3 N–H and O–H groups in total. The Labute approximate surface area is 155 Å². The molecular formula is C17H27ClN2O4S. The molecule has 1 aliphatic carbocycles. The molecule has 1 aromatic rings. The number of carbonyl (C=O) groups is 1. The third-order valence-corrected chi connectivity index (χ3v) is 5.55. The Kier molecular flexibility index (Phi) is 8.18. The molecule has 1 fully saturated rings. The summed E-state index contributed by atoms with van der Waals surface area (Å²) < 4.78 is 28.3. The van der Waals surface area contributed by atoms with Crippen LogP contribution in [-0.2, 0) is 14.6 Å². The normalized spacial score (nSPS) is 16.1. The number of nitrogens with two attached hydrogens (primary N) is 1. The second-order valence-corrected chi connectivity index (χ2v) is 8.45. The maximum Gasteiger partial charge on any atom is 0.220 e. The molecule has 0 saturated heterocycles. The van der Waals surface area contributed by atoms with Gasteiger partial charge in [0.05, 0.1) is 17.0 Å². The minimum Gasteiger partial charge on any atom is -0.494 e. The highest BCUT2D eigenvalue weighted by molar-refractivity contribution is 7.90. The van der Waals surface area contributed by atoms with Crippen molar-refractivity contribution < 1.29 is 17.9 Å². The van der Waals surface area contributed by atoms with Crippen molar-refractivity contribution in [3.8, 4) is 5.75 Å². The average Bonchev–Trinajstić information content (AvgIpc) is 3.00. The smallest absolute Gasteiger partial charge is 0.220 e. The van der Waals surface area contributed by atoms with Crippen LogP contribution >= 0.6 is 12.4 Å². The van der Waals surface area contributed by atoms with Crippen LogP contribution in [0, 0.1) is 0 Å². The van der Waals surface area contributed by atoms with Crippen LogP contribution in [0.1, 0.15) is 38.5 Å². The molecule has 8 heteroatoms. The molecule has 1 amide bonds. The van der Waals surface area contributed by atoms with Gasteiger partial charge in [-0.15, -0.1) is 12.4 Å². The zero-order valence-electron chi connectivity index (χ0n) is 14.5. The molecule has 25 heavy (non-hydrogen) atoms. The first-order valence-electron chi connectivity index (χ1n) is 8.29. The maximum absolute atomic E-state index is 12.0. The lowest BCUT2D eigenvalue weighted by atomic mass is 9.97. The van der Waals surface area contributed by atoms with Gasteiger partial charge in [0.2, 0.25) is 5.91 Å². The van der Waals surface area contributed by atoms with Gasteiger partial charge in [0.25, 0.3) is 0 Å². The number of amides is 1. The summed E-state index contributed by atoms with van der Waals surface area (Å²) in [5, 5.41) is 3.08. The van der Waals surface area contributed by atoms with Crippen LogP contribution in [0.2, 0.25) is 0 Å². The van der Waals surface area contributed by atoms with E-state index in [1.807, 2.05) is 0 Å². The molecule has 0 radical (unpaired) electrons. The van der Waals surface area contributed by atoms with Crippen LogP contribution in [0.4, 0.5) is 0 Å². The number of carbonyl (C=O) groups excluding carboxylic acids is 1. The summed E-state index contributed by atoms with van der Waals surface area (Å²) in [7, 11) is -3.19. The van der Waals surface area contributed by atoms with Crippen LogP contribution in [0.25, 0.3) is 0 Å². The van der Waals surface area contributed by atoms with Crippen LogP contribution < -0.4 is 15.8 Å². The van der Waals surface area contributed by atoms with Gasteiger partial charge in [-0.25, -0.2) is 8.42 Å². The van der Waals surface area contributed by atoms with Crippen molar-refractivity contribution in [1.29, 1.82) is 0 Å². The van der Waals surface area contributed by atoms with Gasteiger partial charge < -0.3 is 15.8 Å². The van der Waals surface area contributed by atoms with Crippen molar-refractivity contribution in [3.63, 3.8) is 0 Å². The monoisotopic (exact) mass is 390 g/mol. The zero-order chi connectivity index (χ0) is 17.6. The summed E-state index contributed by atoms with van der Waals surface area (Å²) in [4.78, 5) is 12.3. The summed E-state index contributed by atoms with van der Waals surface area (Å²) in [6, 6.07) is 6.28. The summed E-state index contributed by atoms with van der Waals surface area (Å²) in [6.45, 7) is 0.892. The van der Waals surface area contributed by atoms with E-state index in [1.54, 1.807) is 12.1 Å². The number of sulfone groups is 1. The SMILES string of the molecule is CS(=O)(=O)c1ccc(OCCCC(=O)NC2(CN)CCCC2)cc1.Cl. The lowest BCUT2D eigenvalue weighted by Crippen LogP contribution is -2.51. The fourth-order valence-corrected chi connectivity index (χ4v) is 3.63. The Hall–Kier alpha value is -1.31. The standard InChI is InChI=1S/C17H26N2O4S.ClH/c1-24(21,22)15-8-6-14(7-9-15)23-12-4-5-16(20)19-17(13-18)10-2-3-11-17;/h6-9H,2-5,10-13,18H2,1H3,(H,19,20);1H. The molecule has 0 bridgehead atoms. The number of hydrogen-bond donors (Lipinski definition) is 2. The topological polar surface area (TPSA) is 98.5 Å². The third kappa shape index (κ3) is 6.49. The van der Waals surface area contributed by atoms with E-state index in [0.717, 1.165) is 25.7 Å². The average molecular weight is 391 g/mol. The van der Waals surface area contributed by atoms with Crippen molar-refractivity contribution in [2.75, 3.05) is 19.4 Å². The number of nitrogens with one attached hydrogen (secondary N) is 1. The maximum atomic E-state index is 12.0. The Morgan fingerprint density at radius 2 is 1.84 bits per heavy atom. The minimum atomic E-state index is -3.19. The first-order valence-corrected chi connectivity index (χ1v) is 10.2. The van der Waals surface area contributed by atoms with Crippen LogP contribution in [0.5, 0.6) is 5.75 Å². The fourth-order valence-electron chi connectivity index (χ4n) is 3.00. The zero-order valence-corrected chi connectivity index (χ0v) is 16.1. The summed E-state index contributed by atoms with van der Waals surface area (Å²) >= 11 is 0. The van der Waals surface area contributed by atoms with Crippen molar-refractivity contribution in [2.45, 2.75) is 49.0 Å². The van der Waals surface area contributed by atoms with Gasteiger partial charge in [-0.2, -0.15) is 0 Å². The molecule has 1 saturated carbocycles. The van der Waals surface area contributed by atoms with Gasteiger partial charge in [0.1, 0.15) is 5.75 Å². The molecule has 0 aliphatic heterocycles. The Bertz CT molecular complexity index is 656. The van der Waals surface area contributed by atoms with E-state index in [0.29, 0.717) is 31.7 Å². The quantitative estimate of drug-likeness (QED) is 0.662. The summed E-state index contributed by atoms with van der Waals surface area (Å²) in [6.07, 6.45) is 6.30. The van der Waals surface area contributed by atoms with Crippen LogP contribution in [-0.4, -0.2) is 39.3 Å². The lowest BCUT2D eigenvalue weighted by molar-refractivity contribution is -0.123. The van der Waals surface area contributed by atoms with Crippen molar-refractivity contribution in [1.82, 2.24) is 5.32 Å². The highest BCUT2D eigenvalue weighted by Gasteiger charge is 2.33. The number of rotatable bonds is 8. The molecule has 142 valence electrons. The van der Waals surface area contributed by atoms with E-state index >= 15 is 0 Å². The molecule has 0 heterocycles. The molecule has 1 aliphatic rings. The molecule has 1 aromatic carbocycles. The predicted molar refractivity (Wildman–Crippen MR) is 99.9 cm³/mol. The first-order chi connectivity index (χ1) is 11.3. The molecular weight excluding hydrogens is 364 g/mol. The largest absolute Gasteiger partial charge is 0.494 e. The van der Waals surface area contributed by atoms with Gasteiger partial charge in [-0.1, -0.05) is 12.8 Å². The Morgan fingerprint density at radius 1 is 1.24 bits per heavy atom. The number of ether oxygens (including phenoxy) is 1. The fraction of sp³-hybridized carbons (Fsp3) is 0.588. The predicted octanol–water partition coefficient (Wildman–Crippen LogP) is 2.06. The van der Waals surface area contributed by atoms with E-state index in [4.69, 9.17) is 10.5 Å². The van der Waals surface area contributed by atoms with Gasteiger partial charge in [-0.05, 0) is 43.5 Å². The number of hydrogen-bond acceptors (Lipinski definition) is 5. The van der Waals surface area contributed by atoms with Crippen molar-refractivity contribution in [2.24, 2.45) is 5.73 Å². The third-order valence-electron chi connectivity index (χ3n) is 4.42. The van der Waals surface area contributed by atoms with Crippen LogP contribution in [0.3, 0.4) is 0 Å². The summed E-state index contributed by atoms with van der Waals surface area (Å²) in [5.41, 5.74) is 5.60. The van der Waals surface area contributed by atoms with Crippen molar-refractivity contribution >= 4 is 28.2 Å². The van der Waals surface area contributed by atoms with E-state index in [1.165, 1.54) is 18.4 Å². The van der Waals surface area contributed by atoms with Crippen LogP contribution in [0.15, 0.2) is 29.2 Å². The number of benzene rings is 1. The molecule has 0 aromatic heterocycles. The second-order valence-electron chi connectivity index (χ2n) is 6.44. The minimum absolute atomic E-state index is 0. The molecule has 0 unspecified atom stereocenters. The van der Waals surface area contributed by atoms with E-state index in [-0.39, 0.29) is 28.7 Å². The highest BCUT2D eigenvalue weighted by Crippen LogP contribution is 2.28. The molecule has 0 spiro atoms. The molecule has 2 rings (SSSR count). The molecule has 0 atom stereocenters. The van der Waals surface area contributed by atoms with Gasteiger partial charge in [0, 0.05) is 19.2 Å². The molecule has 6 nitrogen and oxygen atoms in total. The van der Waals surface area contributed by atoms with E-state index < -0.39 is 9.84 Å². The first kappa shape index (κ1) is 21.7. The lowest BCUT2D eigenvalue weighted by Gasteiger charge is -2.28. The summed E-state index contributed by atoms with van der Waals surface area (Å²) in [5.74, 6) is 0.607.